The van der Waals surface area contributed by atoms with Crippen LogP contribution in [0, 0.1) is 12.8 Å². The predicted molar refractivity (Wildman–Crippen MR) is 83.1 cm³/mol. The van der Waals surface area contributed by atoms with Crippen LogP contribution in [-0.2, 0) is 12.8 Å². The van der Waals surface area contributed by atoms with Crippen molar-refractivity contribution in [1.82, 2.24) is 10.3 Å². The smallest absolute Gasteiger partial charge is 0.0897 e. The van der Waals surface area contributed by atoms with E-state index in [2.05, 4.69) is 34.7 Å². The average Bonchev–Trinajstić information content (AvgIpc) is 2.75. The second kappa shape index (κ2) is 7.04. The van der Waals surface area contributed by atoms with Crippen molar-refractivity contribution in [3.63, 3.8) is 0 Å². The minimum absolute atomic E-state index is 0.546. The number of halogens is 1. The summed E-state index contributed by atoms with van der Waals surface area (Å²) in [5.74, 6) is 0.546. The molecular weight excluding hydrogens is 276 g/mol. The van der Waals surface area contributed by atoms with Crippen molar-refractivity contribution in [2.75, 3.05) is 13.6 Å². The predicted octanol–water partition coefficient (Wildman–Crippen LogP) is 3.73. The van der Waals surface area contributed by atoms with Gasteiger partial charge in [0.05, 0.1) is 10.7 Å². The summed E-state index contributed by atoms with van der Waals surface area (Å²) in [4.78, 5) is 4.56. The van der Waals surface area contributed by atoms with E-state index in [0.717, 1.165) is 29.4 Å². The Morgan fingerprint density at radius 2 is 2.21 bits per heavy atom. The highest BCUT2D eigenvalue weighted by Crippen LogP contribution is 2.18. The van der Waals surface area contributed by atoms with Gasteiger partial charge in [-0.25, -0.2) is 4.98 Å². The van der Waals surface area contributed by atoms with Crippen molar-refractivity contribution < 1.29 is 0 Å². The summed E-state index contributed by atoms with van der Waals surface area (Å²) in [5, 5.41) is 7.39. The molecule has 19 heavy (non-hydrogen) atoms. The third-order valence-electron chi connectivity index (χ3n) is 3.07. The summed E-state index contributed by atoms with van der Waals surface area (Å²) in [6, 6.07) is 8.13. The topological polar surface area (TPSA) is 24.9 Å². The first kappa shape index (κ1) is 14.5. The lowest BCUT2D eigenvalue weighted by Crippen LogP contribution is -2.23. The van der Waals surface area contributed by atoms with Crippen LogP contribution in [0.2, 0.25) is 5.02 Å². The van der Waals surface area contributed by atoms with Crippen molar-refractivity contribution in [1.29, 1.82) is 0 Å². The number of nitrogens with one attached hydrogen (secondary N) is 1. The van der Waals surface area contributed by atoms with E-state index >= 15 is 0 Å². The van der Waals surface area contributed by atoms with E-state index in [1.54, 1.807) is 11.3 Å². The SMILES string of the molecule is CNCC(Cc1cccc(Cl)c1)Cc1csc(C)n1. The zero-order chi connectivity index (χ0) is 13.7. The molecule has 0 aliphatic heterocycles. The van der Waals surface area contributed by atoms with E-state index in [-0.39, 0.29) is 0 Å². The summed E-state index contributed by atoms with van der Waals surface area (Å²) >= 11 is 7.76. The molecule has 1 heterocycles. The molecule has 0 aliphatic carbocycles. The van der Waals surface area contributed by atoms with Gasteiger partial charge in [-0.1, -0.05) is 23.7 Å². The third kappa shape index (κ3) is 4.60. The first-order chi connectivity index (χ1) is 9.17. The second-order valence-electron chi connectivity index (χ2n) is 4.82. The lowest BCUT2D eigenvalue weighted by Gasteiger charge is -2.15. The number of aryl methyl sites for hydroxylation is 1. The zero-order valence-electron chi connectivity index (χ0n) is 11.3. The Labute approximate surface area is 123 Å². The van der Waals surface area contributed by atoms with Crippen LogP contribution < -0.4 is 5.32 Å². The van der Waals surface area contributed by atoms with Gasteiger partial charge in [0, 0.05) is 10.4 Å². The molecule has 102 valence electrons. The maximum Gasteiger partial charge on any atom is 0.0897 e. The number of benzene rings is 1. The molecular formula is C15H19ClN2S. The fraction of sp³-hybridized carbons (Fsp3) is 0.400. The fourth-order valence-corrected chi connectivity index (χ4v) is 3.14. The van der Waals surface area contributed by atoms with E-state index in [4.69, 9.17) is 11.6 Å². The quantitative estimate of drug-likeness (QED) is 0.878. The second-order valence-corrected chi connectivity index (χ2v) is 6.32. The molecule has 1 N–H and O–H groups in total. The molecule has 0 spiro atoms. The Morgan fingerprint density at radius 1 is 1.37 bits per heavy atom. The van der Waals surface area contributed by atoms with E-state index in [9.17, 15) is 0 Å². The summed E-state index contributed by atoms with van der Waals surface area (Å²) in [6.07, 6.45) is 2.04. The summed E-state index contributed by atoms with van der Waals surface area (Å²) in [5.41, 5.74) is 2.49. The van der Waals surface area contributed by atoms with E-state index in [1.807, 2.05) is 19.2 Å². The Morgan fingerprint density at radius 3 is 2.84 bits per heavy atom. The molecule has 0 saturated carbocycles. The number of aromatic nitrogens is 1. The molecule has 0 amide bonds. The Kier molecular flexibility index (Phi) is 5.37. The Balaban J connectivity index is 2.03. The molecule has 0 fully saturated rings. The van der Waals surface area contributed by atoms with Crippen LogP contribution >= 0.6 is 22.9 Å². The highest BCUT2D eigenvalue weighted by molar-refractivity contribution is 7.09. The first-order valence-corrected chi connectivity index (χ1v) is 7.73. The van der Waals surface area contributed by atoms with Gasteiger partial charge in [0.2, 0.25) is 0 Å². The van der Waals surface area contributed by atoms with Crippen LogP contribution in [0.1, 0.15) is 16.3 Å². The van der Waals surface area contributed by atoms with Gasteiger partial charge in [0.15, 0.2) is 0 Å². The molecule has 4 heteroatoms. The Bertz CT molecular complexity index is 524. The summed E-state index contributed by atoms with van der Waals surface area (Å²) < 4.78 is 0. The molecule has 0 radical (unpaired) electrons. The highest BCUT2D eigenvalue weighted by atomic mass is 35.5. The van der Waals surface area contributed by atoms with Gasteiger partial charge in [0.1, 0.15) is 0 Å². The van der Waals surface area contributed by atoms with Crippen LogP contribution in [-0.4, -0.2) is 18.6 Å². The molecule has 2 rings (SSSR count). The lowest BCUT2D eigenvalue weighted by molar-refractivity contribution is 0.489. The minimum atomic E-state index is 0.546. The molecule has 0 bridgehead atoms. The van der Waals surface area contributed by atoms with E-state index in [0.29, 0.717) is 5.92 Å². The normalized spacial score (nSPS) is 12.6. The monoisotopic (exact) mass is 294 g/mol. The largest absolute Gasteiger partial charge is 0.319 e. The Hall–Kier alpha value is -0.900. The maximum absolute atomic E-state index is 6.04. The van der Waals surface area contributed by atoms with Crippen LogP contribution in [0.3, 0.4) is 0 Å². The molecule has 2 nitrogen and oxygen atoms in total. The zero-order valence-corrected chi connectivity index (χ0v) is 12.9. The summed E-state index contributed by atoms with van der Waals surface area (Å²) in [7, 11) is 2.00. The molecule has 1 atom stereocenters. The van der Waals surface area contributed by atoms with Crippen molar-refractivity contribution in [2.24, 2.45) is 5.92 Å². The van der Waals surface area contributed by atoms with Gasteiger partial charge in [0.25, 0.3) is 0 Å². The van der Waals surface area contributed by atoms with Gasteiger partial charge in [-0.2, -0.15) is 0 Å². The van der Waals surface area contributed by atoms with E-state index in [1.165, 1.54) is 11.3 Å². The number of hydrogen-bond donors (Lipinski definition) is 1. The van der Waals surface area contributed by atoms with Gasteiger partial charge in [-0.15, -0.1) is 11.3 Å². The highest BCUT2D eigenvalue weighted by Gasteiger charge is 2.12. The van der Waals surface area contributed by atoms with Crippen molar-refractivity contribution in [2.45, 2.75) is 19.8 Å². The number of nitrogens with zero attached hydrogens (tertiary/aromatic N) is 1. The van der Waals surface area contributed by atoms with Gasteiger partial charge >= 0.3 is 0 Å². The number of rotatable bonds is 6. The molecule has 0 saturated heterocycles. The molecule has 1 aromatic carbocycles. The maximum atomic E-state index is 6.04. The molecule has 1 aromatic heterocycles. The number of thiazole rings is 1. The minimum Gasteiger partial charge on any atom is -0.319 e. The van der Waals surface area contributed by atoms with Crippen molar-refractivity contribution in [3.8, 4) is 0 Å². The fourth-order valence-electron chi connectivity index (χ4n) is 2.30. The molecule has 1 unspecified atom stereocenters. The lowest BCUT2D eigenvalue weighted by atomic mass is 9.95. The number of hydrogen-bond acceptors (Lipinski definition) is 3. The van der Waals surface area contributed by atoms with Crippen molar-refractivity contribution in [3.05, 3.63) is 50.9 Å². The van der Waals surface area contributed by atoms with Gasteiger partial charge in [-0.3, -0.25) is 0 Å². The van der Waals surface area contributed by atoms with Crippen LogP contribution in [0.5, 0.6) is 0 Å². The molecule has 2 aromatic rings. The summed E-state index contributed by atoms with van der Waals surface area (Å²) in [6.45, 7) is 3.04. The van der Waals surface area contributed by atoms with Crippen LogP contribution in [0.25, 0.3) is 0 Å². The van der Waals surface area contributed by atoms with Gasteiger partial charge in [-0.05, 0) is 57.0 Å². The van der Waals surface area contributed by atoms with Gasteiger partial charge < -0.3 is 5.32 Å². The van der Waals surface area contributed by atoms with Crippen LogP contribution in [0.15, 0.2) is 29.6 Å². The van der Waals surface area contributed by atoms with Crippen molar-refractivity contribution >= 4 is 22.9 Å². The standard InChI is InChI=1S/C15H19ClN2S/c1-11-18-15(10-19-11)8-13(9-17-2)6-12-4-3-5-14(16)7-12/h3-5,7,10,13,17H,6,8-9H2,1-2H3. The van der Waals surface area contributed by atoms with Crippen LogP contribution in [0.4, 0.5) is 0 Å². The first-order valence-electron chi connectivity index (χ1n) is 6.47. The van der Waals surface area contributed by atoms with E-state index < -0.39 is 0 Å². The third-order valence-corrected chi connectivity index (χ3v) is 4.13. The molecule has 0 aliphatic rings. The average molecular weight is 295 g/mol.